The Balaban J connectivity index is 0.000000286. The Hall–Kier alpha value is -2.09. The molecule has 0 unspecified atom stereocenters. The third-order valence-electron chi connectivity index (χ3n) is 2.64. The minimum Gasteiger partial charge on any atom is -0.479 e. The molecule has 2 rings (SSSR count). The van der Waals surface area contributed by atoms with E-state index in [0.717, 1.165) is 0 Å². The summed E-state index contributed by atoms with van der Waals surface area (Å²) >= 11 is 0. The lowest BCUT2D eigenvalue weighted by Gasteiger charge is -2.33. The third-order valence-corrected chi connectivity index (χ3v) is 2.64. The van der Waals surface area contributed by atoms with Gasteiger partial charge in [0.25, 0.3) is 0 Å². The molecule has 8 nitrogen and oxygen atoms in total. The van der Waals surface area contributed by atoms with E-state index in [1.165, 1.54) is 17.9 Å². The van der Waals surface area contributed by atoms with Crippen LogP contribution in [0.1, 0.15) is 20.3 Å². The number of aliphatic hydroxyl groups excluding tert-OH is 1. The van der Waals surface area contributed by atoms with Gasteiger partial charge in [-0.3, -0.25) is 14.5 Å². The van der Waals surface area contributed by atoms with Crippen LogP contribution in [-0.4, -0.2) is 58.4 Å². The molecule has 2 atom stereocenters. The Kier molecular flexibility index (Phi) is 5.51. The summed E-state index contributed by atoms with van der Waals surface area (Å²) < 4.78 is 9.57. The maximum atomic E-state index is 11.1. The van der Waals surface area contributed by atoms with Crippen molar-refractivity contribution in [3.05, 3.63) is 11.8 Å². The SMILES string of the molecule is CCOC(C)=O.O=C(O)[C@H]1/C(=C/CO)O[C@@H]2CC(=O)N21. The van der Waals surface area contributed by atoms with Gasteiger partial charge in [-0.05, 0) is 13.0 Å². The van der Waals surface area contributed by atoms with Gasteiger partial charge in [-0.2, -0.15) is 0 Å². The Morgan fingerprint density at radius 3 is 2.55 bits per heavy atom. The average molecular weight is 287 g/mol. The van der Waals surface area contributed by atoms with Crippen molar-refractivity contribution in [1.29, 1.82) is 0 Å². The number of fused-ring (bicyclic) bond motifs is 1. The highest BCUT2D eigenvalue weighted by Gasteiger charge is 2.53. The van der Waals surface area contributed by atoms with E-state index in [1.54, 1.807) is 6.92 Å². The summed E-state index contributed by atoms with van der Waals surface area (Å²) in [5, 5.41) is 17.5. The molecule has 112 valence electrons. The number of rotatable bonds is 3. The largest absolute Gasteiger partial charge is 0.479 e. The molecule has 20 heavy (non-hydrogen) atoms. The van der Waals surface area contributed by atoms with Crippen LogP contribution < -0.4 is 0 Å². The van der Waals surface area contributed by atoms with Crippen LogP contribution in [0.2, 0.25) is 0 Å². The molecule has 0 radical (unpaired) electrons. The second-order valence-corrected chi connectivity index (χ2v) is 4.03. The van der Waals surface area contributed by atoms with Crippen molar-refractivity contribution < 1.29 is 34.1 Å². The number of aliphatic hydroxyl groups is 1. The highest BCUT2D eigenvalue weighted by atomic mass is 16.5. The smallest absolute Gasteiger partial charge is 0.334 e. The molecule has 2 heterocycles. The van der Waals surface area contributed by atoms with Gasteiger partial charge in [0, 0.05) is 6.92 Å². The zero-order valence-corrected chi connectivity index (χ0v) is 11.2. The molecule has 1 amide bonds. The lowest BCUT2D eigenvalue weighted by Crippen LogP contribution is -2.54. The summed E-state index contributed by atoms with van der Waals surface area (Å²) in [6.45, 7) is 3.36. The molecule has 8 heteroatoms. The number of aliphatic carboxylic acids is 1. The summed E-state index contributed by atoms with van der Waals surface area (Å²) in [5.41, 5.74) is 0. The molecule has 0 aromatic heterocycles. The summed E-state index contributed by atoms with van der Waals surface area (Å²) in [4.78, 5) is 32.9. The normalized spacial score (nSPS) is 25.1. The van der Waals surface area contributed by atoms with Crippen LogP contribution in [0.5, 0.6) is 0 Å². The van der Waals surface area contributed by atoms with Crippen molar-refractivity contribution in [1.82, 2.24) is 4.90 Å². The number of ether oxygens (including phenoxy) is 2. The van der Waals surface area contributed by atoms with Gasteiger partial charge in [-0.1, -0.05) is 0 Å². The van der Waals surface area contributed by atoms with Gasteiger partial charge >= 0.3 is 11.9 Å². The number of carbonyl (C=O) groups is 3. The number of amides is 1. The second-order valence-electron chi connectivity index (χ2n) is 4.03. The van der Waals surface area contributed by atoms with E-state index in [2.05, 4.69) is 4.74 Å². The van der Waals surface area contributed by atoms with Gasteiger partial charge < -0.3 is 19.7 Å². The Morgan fingerprint density at radius 1 is 1.55 bits per heavy atom. The predicted octanol–water partition coefficient (Wildman–Crippen LogP) is -0.526. The van der Waals surface area contributed by atoms with Crippen LogP contribution in [-0.2, 0) is 23.9 Å². The summed E-state index contributed by atoms with van der Waals surface area (Å²) in [5.74, 6) is -1.43. The highest BCUT2D eigenvalue weighted by molar-refractivity contribution is 5.91. The zero-order chi connectivity index (χ0) is 15.3. The maximum Gasteiger partial charge on any atom is 0.334 e. The van der Waals surface area contributed by atoms with E-state index >= 15 is 0 Å². The first-order chi connectivity index (χ1) is 9.42. The predicted molar refractivity (Wildman–Crippen MR) is 65.2 cm³/mol. The molecule has 0 bridgehead atoms. The van der Waals surface area contributed by atoms with E-state index in [9.17, 15) is 14.4 Å². The Labute approximate surface area is 115 Å². The van der Waals surface area contributed by atoms with Crippen molar-refractivity contribution in [2.45, 2.75) is 32.5 Å². The first kappa shape index (κ1) is 16.0. The minimum absolute atomic E-state index is 0.149. The topological polar surface area (TPSA) is 113 Å². The zero-order valence-electron chi connectivity index (χ0n) is 11.2. The number of carbonyl (C=O) groups excluding carboxylic acids is 2. The van der Waals surface area contributed by atoms with Crippen molar-refractivity contribution in [2.75, 3.05) is 13.2 Å². The van der Waals surface area contributed by atoms with Crippen LogP contribution >= 0.6 is 0 Å². The number of hydrogen-bond donors (Lipinski definition) is 2. The molecule has 0 saturated carbocycles. The van der Waals surface area contributed by atoms with Crippen LogP contribution in [0.3, 0.4) is 0 Å². The van der Waals surface area contributed by atoms with Gasteiger partial charge in [0.1, 0.15) is 5.76 Å². The highest BCUT2D eigenvalue weighted by Crippen LogP contribution is 2.36. The monoisotopic (exact) mass is 287 g/mol. The van der Waals surface area contributed by atoms with E-state index < -0.39 is 18.2 Å². The number of β-lactam (4-membered cyclic amide) rings is 1. The average Bonchev–Trinajstić information content (AvgIpc) is 2.63. The lowest BCUT2D eigenvalue weighted by molar-refractivity contribution is -0.163. The molecule has 0 spiro atoms. The molecule has 2 aliphatic rings. The number of carboxylic acids is 1. The molecule has 2 aliphatic heterocycles. The van der Waals surface area contributed by atoms with Crippen molar-refractivity contribution in [3.8, 4) is 0 Å². The second kappa shape index (κ2) is 6.90. The fraction of sp³-hybridized carbons (Fsp3) is 0.583. The van der Waals surface area contributed by atoms with Gasteiger partial charge in [0.05, 0.1) is 19.6 Å². The first-order valence-corrected chi connectivity index (χ1v) is 6.07. The van der Waals surface area contributed by atoms with E-state index in [1.807, 2.05) is 0 Å². The van der Waals surface area contributed by atoms with Crippen LogP contribution in [0.25, 0.3) is 0 Å². The number of carboxylic acid groups (broad SMARTS) is 1. The van der Waals surface area contributed by atoms with Gasteiger partial charge in [0.2, 0.25) is 5.91 Å². The van der Waals surface area contributed by atoms with E-state index in [4.69, 9.17) is 14.9 Å². The van der Waals surface area contributed by atoms with Crippen LogP contribution in [0, 0.1) is 0 Å². The molecular formula is C12H17NO7. The molecule has 2 N–H and O–H groups in total. The first-order valence-electron chi connectivity index (χ1n) is 6.07. The molecule has 0 aromatic rings. The Bertz CT molecular complexity index is 432. The quantitative estimate of drug-likeness (QED) is 0.530. The Morgan fingerprint density at radius 2 is 2.20 bits per heavy atom. The molecular weight excluding hydrogens is 270 g/mol. The van der Waals surface area contributed by atoms with E-state index in [-0.39, 0.29) is 30.7 Å². The summed E-state index contributed by atoms with van der Waals surface area (Å²) in [6.07, 6.45) is 1.03. The summed E-state index contributed by atoms with van der Waals surface area (Å²) in [6, 6.07) is -1.06. The number of esters is 1. The van der Waals surface area contributed by atoms with Crippen molar-refractivity contribution in [3.63, 3.8) is 0 Å². The van der Waals surface area contributed by atoms with Crippen LogP contribution in [0.4, 0.5) is 0 Å². The number of nitrogens with zero attached hydrogens (tertiary/aromatic N) is 1. The molecule has 0 aromatic carbocycles. The van der Waals surface area contributed by atoms with Crippen molar-refractivity contribution in [2.24, 2.45) is 0 Å². The fourth-order valence-corrected chi connectivity index (χ4v) is 1.86. The molecule has 2 saturated heterocycles. The van der Waals surface area contributed by atoms with Crippen molar-refractivity contribution >= 4 is 17.8 Å². The number of hydrogen-bond acceptors (Lipinski definition) is 6. The van der Waals surface area contributed by atoms with Crippen LogP contribution in [0.15, 0.2) is 11.8 Å². The molecule has 0 aliphatic carbocycles. The molecule has 2 fully saturated rings. The van der Waals surface area contributed by atoms with E-state index in [0.29, 0.717) is 6.61 Å². The third kappa shape index (κ3) is 3.47. The van der Waals surface area contributed by atoms with Gasteiger partial charge in [0.15, 0.2) is 12.3 Å². The lowest BCUT2D eigenvalue weighted by atomic mass is 10.1. The maximum absolute atomic E-state index is 11.1. The van der Waals surface area contributed by atoms with Gasteiger partial charge in [-0.25, -0.2) is 4.79 Å². The minimum atomic E-state index is -1.14. The summed E-state index contributed by atoms with van der Waals surface area (Å²) in [7, 11) is 0. The fourth-order valence-electron chi connectivity index (χ4n) is 1.86. The van der Waals surface area contributed by atoms with Gasteiger partial charge in [-0.15, -0.1) is 0 Å². The standard InChI is InChI=1S/C8H9NO5.C4H8O2/c10-2-1-4-7(8(12)13)9-5(11)3-6(9)14-4;1-3-6-4(2)5/h1,6-7,10H,2-3H2,(H,12,13);3H2,1-2H3/b4-1-;/t6-,7-;/m1./s1.